The first kappa shape index (κ1) is 12.3. The molecule has 2 fully saturated rings. The lowest BCUT2D eigenvalue weighted by Crippen LogP contribution is -2.56. The third kappa shape index (κ3) is 2.41. The van der Waals surface area contributed by atoms with Crippen molar-refractivity contribution in [2.45, 2.75) is 44.6 Å². The highest BCUT2D eigenvalue weighted by atomic mass is 16.8. The van der Waals surface area contributed by atoms with Gasteiger partial charge in [-0.2, -0.15) is 0 Å². The lowest BCUT2D eigenvalue weighted by atomic mass is 10.0. The zero-order valence-electron chi connectivity index (χ0n) is 9.49. The number of carbonyl (C=O) groups excluding carboxylic acids is 2. The smallest absolute Gasteiger partial charge is 0.303 e. The lowest BCUT2D eigenvalue weighted by Gasteiger charge is -2.36. The first-order chi connectivity index (χ1) is 7.99. The van der Waals surface area contributed by atoms with Crippen molar-refractivity contribution in [2.75, 3.05) is 6.61 Å². The van der Waals surface area contributed by atoms with Crippen molar-refractivity contribution in [1.82, 2.24) is 0 Å². The predicted octanol–water partition coefficient (Wildman–Crippen LogP) is -1.03. The molecule has 96 valence electrons. The van der Waals surface area contributed by atoms with E-state index in [-0.39, 0.29) is 6.61 Å². The molecule has 5 unspecified atom stereocenters. The maximum Gasteiger partial charge on any atom is 0.303 e. The van der Waals surface area contributed by atoms with Crippen LogP contribution >= 0.6 is 0 Å². The highest BCUT2D eigenvalue weighted by Crippen LogP contribution is 2.31. The van der Waals surface area contributed by atoms with Crippen LogP contribution in [0.15, 0.2) is 0 Å². The van der Waals surface area contributed by atoms with Gasteiger partial charge in [0.2, 0.25) is 0 Å². The molecule has 0 aromatic heterocycles. The third-order valence-corrected chi connectivity index (χ3v) is 2.64. The predicted molar refractivity (Wildman–Crippen MR) is 51.7 cm³/mol. The van der Waals surface area contributed by atoms with Crippen LogP contribution in [0.3, 0.4) is 0 Å². The second-order valence-electron chi connectivity index (χ2n) is 4.01. The molecule has 0 amide bonds. The molecule has 1 N–H and O–H groups in total. The number of aliphatic hydroxyl groups is 1. The second-order valence-corrected chi connectivity index (χ2v) is 4.01. The van der Waals surface area contributed by atoms with Crippen LogP contribution in [0, 0.1) is 0 Å². The molecule has 0 radical (unpaired) electrons. The van der Waals surface area contributed by atoms with Gasteiger partial charge in [-0.3, -0.25) is 9.59 Å². The van der Waals surface area contributed by atoms with Crippen LogP contribution < -0.4 is 0 Å². The highest BCUT2D eigenvalue weighted by Gasteiger charge is 2.53. The molecule has 2 aliphatic heterocycles. The molecule has 5 atom stereocenters. The molecule has 2 saturated heterocycles. The van der Waals surface area contributed by atoms with Crippen molar-refractivity contribution in [1.29, 1.82) is 0 Å². The van der Waals surface area contributed by atoms with Gasteiger partial charge in [0.05, 0.1) is 6.61 Å². The van der Waals surface area contributed by atoms with Gasteiger partial charge in [-0.15, -0.1) is 0 Å². The molecule has 0 aromatic carbocycles. The number of esters is 2. The number of hydrogen-bond donors (Lipinski definition) is 1. The minimum absolute atomic E-state index is 0.192. The molecule has 0 spiro atoms. The third-order valence-electron chi connectivity index (χ3n) is 2.64. The Bertz CT molecular complexity index is 313. The summed E-state index contributed by atoms with van der Waals surface area (Å²) >= 11 is 0. The summed E-state index contributed by atoms with van der Waals surface area (Å²) in [6.45, 7) is 2.65. The van der Waals surface area contributed by atoms with Gasteiger partial charge in [0.15, 0.2) is 18.5 Å². The molecule has 2 bridgehead atoms. The van der Waals surface area contributed by atoms with Crippen LogP contribution in [0.5, 0.6) is 0 Å². The molecule has 2 heterocycles. The molecule has 0 aromatic rings. The number of fused-ring (bicyclic) bond motifs is 2. The summed E-state index contributed by atoms with van der Waals surface area (Å²) < 4.78 is 20.4. The summed E-state index contributed by atoms with van der Waals surface area (Å²) in [5.74, 6) is -1.10. The topological polar surface area (TPSA) is 91.3 Å². The van der Waals surface area contributed by atoms with E-state index >= 15 is 0 Å². The van der Waals surface area contributed by atoms with E-state index < -0.39 is 42.6 Å². The Kier molecular flexibility index (Phi) is 3.32. The van der Waals surface area contributed by atoms with E-state index in [4.69, 9.17) is 18.9 Å². The van der Waals surface area contributed by atoms with Gasteiger partial charge in [0.1, 0.15) is 12.2 Å². The van der Waals surface area contributed by atoms with Crippen LogP contribution in [0.1, 0.15) is 13.8 Å². The standard InChI is InChI=1S/C10H14O7/c1-4(11)15-8-6-3-14-10(17-6)7(13)9(8)16-5(2)12/h6-10,13H,3H2,1-2H3. The number of aliphatic hydroxyl groups excluding tert-OH is 1. The zero-order valence-corrected chi connectivity index (χ0v) is 9.49. The Morgan fingerprint density at radius 1 is 1.18 bits per heavy atom. The highest BCUT2D eigenvalue weighted by molar-refractivity contribution is 5.67. The van der Waals surface area contributed by atoms with E-state index in [1.54, 1.807) is 0 Å². The molecule has 0 aliphatic carbocycles. The SMILES string of the molecule is CC(=O)OC1C2COC(O2)C(O)C1OC(C)=O. The average Bonchev–Trinajstić information content (AvgIpc) is 2.65. The average molecular weight is 246 g/mol. The Morgan fingerprint density at radius 3 is 2.35 bits per heavy atom. The largest absolute Gasteiger partial charge is 0.456 e. The Labute approximate surface area is 97.6 Å². The van der Waals surface area contributed by atoms with Crippen molar-refractivity contribution in [3.63, 3.8) is 0 Å². The molecule has 7 heteroatoms. The fraction of sp³-hybridized carbons (Fsp3) is 0.800. The van der Waals surface area contributed by atoms with E-state index in [0.717, 1.165) is 0 Å². The Morgan fingerprint density at radius 2 is 1.76 bits per heavy atom. The van der Waals surface area contributed by atoms with E-state index in [1.807, 2.05) is 0 Å². The lowest BCUT2D eigenvalue weighted by molar-refractivity contribution is -0.243. The van der Waals surface area contributed by atoms with Crippen molar-refractivity contribution < 1.29 is 33.6 Å². The fourth-order valence-corrected chi connectivity index (χ4v) is 2.02. The van der Waals surface area contributed by atoms with Gasteiger partial charge < -0.3 is 24.1 Å². The first-order valence-corrected chi connectivity index (χ1v) is 5.28. The first-order valence-electron chi connectivity index (χ1n) is 5.28. The molecule has 2 aliphatic rings. The maximum atomic E-state index is 11.0. The number of hydrogen-bond acceptors (Lipinski definition) is 7. The summed E-state index contributed by atoms with van der Waals surface area (Å²) in [6, 6.07) is 0. The second kappa shape index (κ2) is 4.59. The molecule has 17 heavy (non-hydrogen) atoms. The summed E-state index contributed by atoms with van der Waals surface area (Å²) in [7, 11) is 0. The summed E-state index contributed by atoms with van der Waals surface area (Å²) in [6.07, 6.45) is -4.32. The van der Waals surface area contributed by atoms with E-state index in [0.29, 0.717) is 0 Å². The van der Waals surface area contributed by atoms with Crippen LogP contribution in [0.25, 0.3) is 0 Å². The summed E-state index contributed by atoms with van der Waals surface area (Å²) in [5.41, 5.74) is 0. The minimum atomic E-state index is -1.16. The maximum absolute atomic E-state index is 11.0. The molecule has 7 nitrogen and oxygen atoms in total. The summed E-state index contributed by atoms with van der Waals surface area (Å²) in [5, 5.41) is 9.87. The van der Waals surface area contributed by atoms with Crippen molar-refractivity contribution >= 4 is 11.9 Å². The van der Waals surface area contributed by atoms with Crippen LogP contribution in [-0.4, -0.2) is 54.4 Å². The Hall–Kier alpha value is -1.18. The monoisotopic (exact) mass is 246 g/mol. The summed E-state index contributed by atoms with van der Waals surface area (Å²) in [4.78, 5) is 22.0. The fourth-order valence-electron chi connectivity index (χ4n) is 2.02. The van der Waals surface area contributed by atoms with Crippen LogP contribution in [0.2, 0.25) is 0 Å². The van der Waals surface area contributed by atoms with Crippen LogP contribution in [-0.2, 0) is 28.5 Å². The van der Waals surface area contributed by atoms with Crippen molar-refractivity contribution in [3.05, 3.63) is 0 Å². The van der Waals surface area contributed by atoms with Gasteiger partial charge in [0, 0.05) is 13.8 Å². The number of rotatable bonds is 2. The van der Waals surface area contributed by atoms with Gasteiger partial charge in [-0.1, -0.05) is 0 Å². The molecular weight excluding hydrogens is 232 g/mol. The van der Waals surface area contributed by atoms with E-state index in [1.165, 1.54) is 13.8 Å². The van der Waals surface area contributed by atoms with Crippen molar-refractivity contribution in [2.24, 2.45) is 0 Å². The Balaban J connectivity index is 2.16. The molecule has 0 saturated carbocycles. The molecular formula is C10H14O7. The van der Waals surface area contributed by atoms with Crippen LogP contribution in [0.4, 0.5) is 0 Å². The van der Waals surface area contributed by atoms with E-state index in [2.05, 4.69) is 0 Å². The van der Waals surface area contributed by atoms with Gasteiger partial charge in [-0.05, 0) is 0 Å². The van der Waals surface area contributed by atoms with Crippen molar-refractivity contribution in [3.8, 4) is 0 Å². The van der Waals surface area contributed by atoms with E-state index in [9.17, 15) is 14.7 Å². The number of ether oxygens (including phenoxy) is 4. The van der Waals surface area contributed by atoms with Gasteiger partial charge in [0.25, 0.3) is 0 Å². The van der Waals surface area contributed by atoms with Gasteiger partial charge in [-0.25, -0.2) is 0 Å². The molecule has 2 rings (SSSR count). The van der Waals surface area contributed by atoms with Gasteiger partial charge >= 0.3 is 11.9 Å². The zero-order chi connectivity index (χ0) is 12.6. The minimum Gasteiger partial charge on any atom is -0.456 e. The normalized spacial score (nSPS) is 39.8. The quantitative estimate of drug-likeness (QED) is 0.622. The number of carbonyl (C=O) groups is 2.